The van der Waals surface area contributed by atoms with E-state index in [4.69, 9.17) is 9.47 Å². The lowest BCUT2D eigenvalue weighted by Crippen LogP contribution is -2.09. The van der Waals surface area contributed by atoms with Crippen LogP contribution in [0.4, 0.5) is 11.6 Å². The van der Waals surface area contributed by atoms with Crippen molar-refractivity contribution in [2.75, 3.05) is 38.0 Å². The second kappa shape index (κ2) is 8.06. The Labute approximate surface area is 124 Å². The molecule has 2 N–H and O–H groups in total. The Hall–Kier alpha value is -2.34. The third-order valence-corrected chi connectivity index (χ3v) is 2.91. The lowest BCUT2D eigenvalue weighted by atomic mass is 10.2. The van der Waals surface area contributed by atoms with Gasteiger partial charge in [-0.2, -0.15) is 0 Å². The van der Waals surface area contributed by atoms with E-state index in [1.54, 1.807) is 14.2 Å². The molecule has 1 aromatic heterocycles. The first-order valence-electron chi connectivity index (χ1n) is 6.73. The maximum Gasteiger partial charge on any atom is 0.131 e. The molecule has 0 saturated heterocycles. The molecule has 0 fully saturated rings. The summed E-state index contributed by atoms with van der Waals surface area (Å²) in [6, 6.07) is 9.79. The zero-order valence-electron chi connectivity index (χ0n) is 12.3. The van der Waals surface area contributed by atoms with E-state index in [0.717, 1.165) is 22.9 Å². The van der Waals surface area contributed by atoms with E-state index in [1.807, 2.05) is 30.3 Å². The predicted octanol–water partition coefficient (Wildman–Crippen LogP) is 2.16. The third kappa shape index (κ3) is 4.92. The Balaban J connectivity index is 1.88. The second-order valence-electron chi connectivity index (χ2n) is 4.41. The first-order valence-corrected chi connectivity index (χ1v) is 6.73. The summed E-state index contributed by atoms with van der Waals surface area (Å²) in [5, 5.41) is 6.43. The first-order chi connectivity index (χ1) is 10.3. The lowest BCUT2D eigenvalue weighted by molar-refractivity contribution is 0.210. The van der Waals surface area contributed by atoms with Gasteiger partial charge in [0, 0.05) is 26.3 Å². The topological polar surface area (TPSA) is 68.3 Å². The highest BCUT2D eigenvalue weighted by Gasteiger charge is 1.99. The molecule has 0 aliphatic carbocycles. The highest BCUT2D eigenvalue weighted by Crippen LogP contribution is 2.13. The summed E-state index contributed by atoms with van der Waals surface area (Å²) >= 11 is 0. The molecule has 1 aromatic carbocycles. The molecule has 0 saturated carbocycles. The number of hydrogen-bond donors (Lipinski definition) is 2. The number of ether oxygens (including phenoxy) is 2. The van der Waals surface area contributed by atoms with E-state index >= 15 is 0 Å². The van der Waals surface area contributed by atoms with E-state index in [9.17, 15) is 0 Å². The summed E-state index contributed by atoms with van der Waals surface area (Å²) in [4.78, 5) is 8.35. The van der Waals surface area contributed by atoms with E-state index in [0.29, 0.717) is 19.7 Å². The van der Waals surface area contributed by atoms with Crippen molar-refractivity contribution in [1.29, 1.82) is 0 Å². The van der Waals surface area contributed by atoms with Gasteiger partial charge in [0.15, 0.2) is 0 Å². The fourth-order valence-electron chi connectivity index (χ4n) is 1.77. The van der Waals surface area contributed by atoms with Crippen LogP contribution in [0.5, 0.6) is 5.75 Å². The van der Waals surface area contributed by atoms with Gasteiger partial charge >= 0.3 is 0 Å². The molecule has 0 spiro atoms. The van der Waals surface area contributed by atoms with E-state index in [-0.39, 0.29) is 0 Å². The molecule has 2 aromatic rings. The summed E-state index contributed by atoms with van der Waals surface area (Å²) in [6.07, 6.45) is 1.53. The maximum atomic E-state index is 5.13. The van der Waals surface area contributed by atoms with Crippen LogP contribution in [0.2, 0.25) is 0 Å². The van der Waals surface area contributed by atoms with E-state index < -0.39 is 0 Å². The SMILES string of the molecule is COCCNc1cc(NCc2ccc(OC)cc2)ncn1. The maximum absolute atomic E-state index is 5.13. The van der Waals surface area contributed by atoms with Crippen molar-refractivity contribution < 1.29 is 9.47 Å². The van der Waals surface area contributed by atoms with Crippen LogP contribution >= 0.6 is 0 Å². The van der Waals surface area contributed by atoms with Gasteiger partial charge in [-0.05, 0) is 17.7 Å². The average molecular weight is 288 g/mol. The Bertz CT molecular complexity index is 546. The quantitative estimate of drug-likeness (QED) is 0.726. The summed E-state index contributed by atoms with van der Waals surface area (Å²) in [5.74, 6) is 2.41. The highest BCUT2D eigenvalue weighted by molar-refractivity contribution is 5.46. The van der Waals surface area contributed by atoms with Gasteiger partial charge < -0.3 is 20.1 Å². The average Bonchev–Trinajstić information content (AvgIpc) is 2.54. The zero-order valence-corrected chi connectivity index (χ0v) is 12.3. The van der Waals surface area contributed by atoms with Crippen LogP contribution in [0.15, 0.2) is 36.7 Å². The molecule has 0 atom stereocenters. The molecule has 0 aliphatic heterocycles. The van der Waals surface area contributed by atoms with Crippen molar-refractivity contribution in [2.24, 2.45) is 0 Å². The van der Waals surface area contributed by atoms with Gasteiger partial charge in [-0.3, -0.25) is 0 Å². The van der Waals surface area contributed by atoms with Gasteiger partial charge in [0.25, 0.3) is 0 Å². The van der Waals surface area contributed by atoms with Crippen molar-refractivity contribution >= 4 is 11.6 Å². The first kappa shape index (κ1) is 15.1. The van der Waals surface area contributed by atoms with Crippen molar-refractivity contribution in [3.8, 4) is 5.75 Å². The van der Waals surface area contributed by atoms with Gasteiger partial charge in [-0.15, -0.1) is 0 Å². The third-order valence-electron chi connectivity index (χ3n) is 2.91. The molecule has 6 heteroatoms. The molecule has 0 amide bonds. The van der Waals surface area contributed by atoms with Gasteiger partial charge in [0.2, 0.25) is 0 Å². The Morgan fingerprint density at radius 2 is 1.71 bits per heavy atom. The van der Waals surface area contributed by atoms with E-state index in [2.05, 4.69) is 20.6 Å². The minimum Gasteiger partial charge on any atom is -0.497 e. The largest absolute Gasteiger partial charge is 0.497 e. The molecule has 2 rings (SSSR count). The van der Waals surface area contributed by atoms with Crippen molar-refractivity contribution in [3.05, 3.63) is 42.2 Å². The van der Waals surface area contributed by atoms with Crippen molar-refractivity contribution in [2.45, 2.75) is 6.54 Å². The van der Waals surface area contributed by atoms with Gasteiger partial charge in [-0.25, -0.2) is 9.97 Å². The minimum atomic E-state index is 0.638. The summed E-state index contributed by atoms with van der Waals surface area (Å²) in [5.41, 5.74) is 1.16. The molecule has 1 heterocycles. The van der Waals surface area contributed by atoms with Crippen LogP contribution < -0.4 is 15.4 Å². The number of anilines is 2. The molecular weight excluding hydrogens is 268 g/mol. The molecule has 21 heavy (non-hydrogen) atoms. The van der Waals surface area contributed by atoms with Gasteiger partial charge in [0.05, 0.1) is 13.7 Å². The normalized spacial score (nSPS) is 10.2. The Kier molecular flexibility index (Phi) is 5.78. The fourth-order valence-corrected chi connectivity index (χ4v) is 1.77. The number of methoxy groups -OCH3 is 2. The van der Waals surface area contributed by atoms with Crippen LogP contribution in [0.1, 0.15) is 5.56 Å². The molecular formula is C15H20N4O2. The zero-order chi connectivity index (χ0) is 14.9. The van der Waals surface area contributed by atoms with Crippen molar-refractivity contribution in [3.63, 3.8) is 0 Å². The minimum absolute atomic E-state index is 0.638. The standard InChI is InChI=1S/C15H20N4O2/c1-20-8-7-16-14-9-15(19-11-18-14)17-10-12-3-5-13(21-2)6-4-12/h3-6,9,11H,7-8,10H2,1-2H3,(H2,16,17,18,19). The number of benzene rings is 1. The number of nitrogens with one attached hydrogen (secondary N) is 2. The predicted molar refractivity (Wildman–Crippen MR) is 82.7 cm³/mol. The molecule has 0 aliphatic rings. The second-order valence-corrected chi connectivity index (χ2v) is 4.41. The molecule has 0 unspecified atom stereocenters. The fraction of sp³-hybridized carbons (Fsp3) is 0.333. The van der Waals surface area contributed by atoms with Crippen molar-refractivity contribution in [1.82, 2.24) is 9.97 Å². The lowest BCUT2D eigenvalue weighted by Gasteiger charge is -2.09. The molecule has 0 bridgehead atoms. The Morgan fingerprint density at radius 1 is 1.00 bits per heavy atom. The smallest absolute Gasteiger partial charge is 0.131 e. The molecule has 0 radical (unpaired) electrons. The van der Waals surface area contributed by atoms with Crippen LogP contribution in [0, 0.1) is 0 Å². The molecule has 112 valence electrons. The van der Waals surface area contributed by atoms with Gasteiger partial charge in [-0.1, -0.05) is 12.1 Å². The van der Waals surface area contributed by atoms with Crippen LogP contribution in [0.3, 0.4) is 0 Å². The molecule has 6 nitrogen and oxygen atoms in total. The van der Waals surface area contributed by atoms with Crippen LogP contribution in [-0.4, -0.2) is 37.3 Å². The van der Waals surface area contributed by atoms with Crippen LogP contribution in [-0.2, 0) is 11.3 Å². The monoisotopic (exact) mass is 288 g/mol. The Morgan fingerprint density at radius 3 is 2.38 bits per heavy atom. The number of hydrogen-bond acceptors (Lipinski definition) is 6. The van der Waals surface area contributed by atoms with E-state index in [1.165, 1.54) is 6.33 Å². The number of rotatable bonds is 8. The number of nitrogens with zero attached hydrogens (tertiary/aromatic N) is 2. The number of aromatic nitrogens is 2. The summed E-state index contributed by atoms with van der Waals surface area (Å²) < 4.78 is 10.1. The van der Waals surface area contributed by atoms with Crippen LogP contribution in [0.25, 0.3) is 0 Å². The highest BCUT2D eigenvalue weighted by atomic mass is 16.5. The van der Waals surface area contributed by atoms with Gasteiger partial charge in [0.1, 0.15) is 23.7 Å². The summed E-state index contributed by atoms with van der Waals surface area (Å²) in [7, 11) is 3.33. The summed E-state index contributed by atoms with van der Waals surface area (Å²) in [6.45, 7) is 2.04.